The standard InChI is InChI=1S/C15H24N4O.2ClH/c1-18-11-12(10-17-18)14-5-3-9-19(14)15(20)7-6-13-4-2-8-16-13;;/h10-11,13-14,16H,2-9H2,1H3;2*1H. The Balaban J connectivity index is 0.00000121. The first-order valence-corrected chi connectivity index (χ1v) is 7.75. The molecule has 1 amide bonds. The number of rotatable bonds is 4. The third-order valence-electron chi connectivity index (χ3n) is 4.55. The van der Waals surface area contributed by atoms with Gasteiger partial charge in [0.25, 0.3) is 0 Å². The number of nitrogens with one attached hydrogen (secondary N) is 1. The van der Waals surface area contributed by atoms with Gasteiger partial charge in [-0.05, 0) is 38.6 Å². The van der Waals surface area contributed by atoms with Gasteiger partial charge in [0.15, 0.2) is 0 Å². The van der Waals surface area contributed by atoms with Crippen molar-refractivity contribution in [3.63, 3.8) is 0 Å². The number of likely N-dealkylation sites (tertiary alicyclic amines) is 1. The minimum absolute atomic E-state index is 0. The van der Waals surface area contributed by atoms with E-state index in [0.29, 0.717) is 18.4 Å². The molecule has 22 heavy (non-hydrogen) atoms. The number of halogens is 2. The van der Waals surface area contributed by atoms with Gasteiger partial charge in [-0.2, -0.15) is 5.10 Å². The van der Waals surface area contributed by atoms with Crippen LogP contribution in [0.25, 0.3) is 0 Å². The number of carbonyl (C=O) groups excluding carboxylic acids is 1. The molecule has 0 radical (unpaired) electrons. The molecule has 0 spiro atoms. The summed E-state index contributed by atoms with van der Waals surface area (Å²) in [6.07, 6.45) is 10.2. The SMILES string of the molecule is Cl.Cl.Cn1cc(C2CCCN2C(=O)CCC2CCCN2)cn1. The van der Waals surface area contributed by atoms with Gasteiger partial charge in [-0.3, -0.25) is 9.48 Å². The number of amides is 1. The predicted molar refractivity (Wildman–Crippen MR) is 91.7 cm³/mol. The van der Waals surface area contributed by atoms with Crippen LogP contribution in [0.5, 0.6) is 0 Å². The van der Waals surface area contributed by atoms with Crippen molar-refractivity contribution >= 4 is 30.7 Å². The summed E-state index contributed by atoms with van der Waals surface area (Å²) in [6.45, 7) is 2.01. The van der Waals surface area contributed by atoms with Crippen molar-refractivity contribution < 1.29 is 4.79 Å². The average Bonchev–Trinajstić information content (AvgIpc) is 3.16. The van der Waals surface area contributed by atoms with Crippen LogP contribution in [0.1, 0.15) is 50.1 Å². The van der Waals surface area contributed by atoms with Crippen molar-refractivity contribution in [2.75, 3.05) is 13.1 Å². The lowest BCUT2D eigenvalue weighted by Crippen LogP contribution is -2.32. The maximum absolute atomic E-state index is 12.5. The van der Waals surface area contributed by atoms with Crippen molar-refractivity contribution in [3.05, 3.63) is 18.0 Å². The van der Waals surface area contributed by atoms with E-state index in [1.54, 1.807) is 0 Å². The van der Waals surface area contributed by atoms with Crippen molar-refractivity contribution in [2.24, 2.45) is 7.05 Å². The highest BCUT2D eigenvalue weighted by Gasteiger charge is 2.30. The minimum atomic E-state index is 0. The van der Waals surface area contributed by atoms with Crippen LogP contribution in [0.15, 0.2) is 12.4 Å². The summed E-state index contributed by atoms with van der Waals surface area (Å²) in [7, 11) is 1.93. The summed E-state index contributed by atoms with van der Waals surface area (Å²) >= 11 is 0. The molecule has 1 N–H and O–H groups in total. The molecule has 2 aliphatic rings. The third-order valence-corrected chi connectivity index (χ3v) is 4.55. The Hall–Kier alpha value is -0.780. The molecule has 3 rings (SSSR count). The molecule has 3 heterocycles. The number of hydrogen-bond donors (Lipinski definition) is 1. The molecule has 2 saturated heterocycles. The Morgan fingerprint density at radius 2 is 2.18 bits per heavy atom. The molecule has 2 atom stereocenters. The number of aryl methyl sites for hydroxylation is 1. The zero-order chi connectivity index (χ0) is 13.9. The lowest BCUT2D eigenvalue weighted by atomic mass is 10.1. The Morgan fingerprint density at radius 3 is 2.82 bits per heavy atom. The molecular formula is C15H26Cl2N4O. The van der Waals surface area contributed by atoms with E-state index < -0.39 is 0 Å². The molecule has 0 bridgehead atoms. The lowest BCUT2D eigenvalue weighted by molar-refractivity contribution is -0.132. The first-order chi connectivity index (χ1) is 9.74. The van der Waals surface area contributed by atoms with Gasteiger partial charge in [-0.25, -0.2) is 0 Å². The normalized spacial score (nSPS) is 24.0. The van der Waals surface area contributed by atoms with Crippen molar-refractivity contribution in [1.82, 2.24) is 20.0 Å². The van der Waals surface area contributed by atoms with Crippen molar-refractivity contribution in [1.29, 1.82) is 0 Å². The monoisotopic (exact) mass is 348 g/mol. The molecule has 2 unspecified atom stereocenters. The zero-order valence-corrected chi connectivity index (χ0v) is 14.7. The highest BCUT2D eigenvalue weighted by atomic mass is 35.5. The molecule has 0 saturated carbocycles. The van der Waals surface area contributed by atoms with Gasteiger partial charge in [0, 0.05) is 37.8 Å². The highest BCUT2D eigenvalue weighted by molar-refractivity contribution is 5.85. The number of carbonyl (C=O) groups is 1. The van der Waals surface area contributed by atoms with E-state index in [1.807, 2.05) is 24.1 Å². The number of nitrogens with zero attached hydrogens (tertiary/aromatic N) is 3. The van der Waals surface area contributed by atoms with Gasteiger partial charge in [-0.1, -0.05) is 0 Å². The molecule has 2 aliphatic heterocycles. The summed E-state index contributed by atoms with van der Waals surface area (Å²) in [5.74, 6) is 0.310. The van der Waals surface area contributed by atoms with E-state index in [-0.39, 0.29) is 30.9 Å². The number of hydrogen-bond acceptors (Lipinski definition) is 3. The largest absolute Gasteiger partial charge is 0.336 e. The van der Waals surface area contributed by atoms with Gasteiger partial charge in [0.1, 0.15) is 0 Å². The molecule has 126 valence electrons. The van der Waals surface area contributed by atoms with Crippen LogP contribution in [0.3, 0.4) is 0 Å². The maximum Gasteiger partial charge on any atom is 0.223 e. The highest BCUT2D eigenvalue weighted by Crippen LogP contribution is 2.32. The van der Waals surface area contributed by atoms with E-state index in [0.717, 1.165) is 32.4 Å². The van der Waals surface area contributed by atoms with Crippen LogP contribution < -0.4 is 5.32 Å². The second-order valence-electron chi connectivity index (χ2n) is 6.02. The van der Waals surface area contributed by atoms with Gasteiger partial charge < -0.3 is 10.2 Å². The molecule has 0 aliphatic carbocycles. The molecule has 0 aromatic carbocycles. The fraction of sp³-hybridized carbons (Fsp3) is 0.733. The second-order valence-corrected chi connectivity index (χ2v) is 6.02. The smallest absolute Gasteiger partial charge is 0.223 e. The fourth-order valence-corrected chi connectivity index (χ4v) is 3.47. The van der Waals surface area contributed by atoms with Crippen LogP contribution in [0.4, 0.5) is 0 Å². The molecule has 7 heteroatoms. The second kappa shape index (κ2) is 8.75. The van der Waals surface area contributed by atoms with Crippen LogP contribution in [-0.4, -0.2) is 39.7 Å². The molecular weight excluding hydrogens is 323 g/mol. The van der Waals surface area contributed by atoms with Crippen LogP contribution >= 0.6 is 24.8 Å². The summed E-state index contributed by atoms with van der Waals surface area (Å²) in [5, 5.41) is 7.70. The fourth-order valence-electron chi connectivity index (χ4n) is 3.47. The quantitative estimate of drug-likeness (QED) is 0.909. The molecule has 5 nitrogen and oxygen atoms in total. The van der Waals surface area contributed by atoms with Gasteiger partial charge in [0.05, 0.1) is 12.2 Å². The topological polar surface area (TPSA) is 50.2 Å². The van der Waals surface area contributed by atoms with Gasteiger partial charge in [0.2, 0.25) is 5.91 Å². The van der Waals surface area contributed by atoms with Crippen LogP contribution in [0.2, 0.25) is 0 Å². The molecule has 2 fully saturated rings. The van der Waals surface area contributed by atoms with Gasteiger partial charge >= 0.3 is 0 Å². The van der Waals surface area contributed by atoms with Crippen molar-refractivity contribution in [2.45, 2.75) is 50.6 Å². The van der Waals surface area contributed by atoms with Gasteiger partial charge in [-0.15, -0.1) is 24.8 Å². The Morgan fingerprint density at radius 1 is 1.36 bits per heavy atom. The van der Waals surface area contributed by atoms with E-state index in [9.17, 15) is 4.79 Å². The van der Waals surface area contributed by atoms with E-state index in [2.05, 4.69) is 15.3 Å². The predicted octanol–water partition coefficient (Wildman–Crippen LogP) is 2.46. The minimum Gasteiger partial charge on any atom is -0.336 e. The van der Waals surface area contributed by atoms with Crippen LogP contribution in [0, 0.1) is 0 Å². The zero-order valence-electron chi connectivity index (χ0n) is 13.0. The number of aromatic nitrogens is 2. The Bertz CT molecular complexity index is 474. The third kappa shape index (κ3) is 4.37. The van der Waals surface area contributed by atoms with Crippen LogP contribution in [-0.2, 0) is 11.8 Å². The van der Waals surface area contributed by atoms with E-state index >= 15 is 0 Å². The Labute approximate surface area is 144 Å². The average molecular weight is 349 g/mol. The summed E-state index contributed by atoms with van der Waals surface area (Å²) in [4.78, 5) is 14.5. The van der Waals surface area contributed by atoms with E-state index in [4.69, 9.17) is 0 Å². The van der Waals surface area contributed by atoms with Crippen molar-refractivity contribution in [3.8, 4) is 0 Å². The Kier molecular flexibility index (Phi) is 7.66. The summed E-state index contributed by atoms with van der Waals surface area (Å²) < 4.78 is 1.82. The molecule has 1 aromatic rings. The first kappa shape index (κ1) is 19.3. The lowest BCUT2D eigenvalue weighted by Gasteiger charge is -2.24. The molecule has 1 aromatic heterocycles. The first-order valence-electron chi connectivity index (χ1n) is 7.75. The van der Waals surface area contributed by atoms with E-state index in [1.165, 1.54) is 18.4 Å². The summed E-state index contributed by atoms with van der Waals surface area (Å²) in [5.41, 5.74) is 1.18. The summed E-state index contributed by atoms with van der Waals surface area (Å²) in [6, 6.07) is 0.797. The maximum atomic E-state index is 12.5.